The van der Waals surface area contributed by atoms with Crippen molar-refractivity contribution in [3.63, 3.8) is 0 Å². The number of aryl methyl sites for hydroxylation is 2. The van der Waals surface area contributed by atoms with E-state index in [1.165, 1.54) is 6.07 Å². The van der Waals surface area contributed by atoms with Crippen molar-refractivity contribution in [2.45, 2.75) is 83.8 Å². The number of benzene rings is 2. The molecular formula is C28H37NO5S. The number of unbranched alkanes of at least 4 members (excludes halogenated alkanes) is 2. The minimum Gasteiger partial charge on any atom is -0.507 e. The lowest BCUT2D eigenvalue weighted by Gasteiger charge is -2.23. The first-order chi connectivity index (χ1) is 16.6. The van der Waals surface area contributed by atoms with Gasteiger partial charge in [0.25, 0.3) is 5.91 Å². The van der Waals surface area contributed by atoms with Crippen LogP contribution in [0.15, 0.2) is 30.8 Å². The number of nitrogens with one attached hydrogen (secondary N) is 1. The molecule has 7 heteroatoms. The van der Waals surface area contributed by atoms with Gasteiger partial charge in [-0.2, -0.15) is 0 Å². The Hall–Kier alpha value is -2.80. The molecule has 1 fully saturated rings. The van der Waals surface area contributed by atoms with Crippen LogP contribution in [0, 0.1) is 6.92 Å². The molecule has 0 aliphatic heterocycles. The standard InChI is InChI=1S/C28H37NO5S/c1-5-6-8-11-20-17-24(30)26(23-16-19(4)14-15-22(23)18(2)3)27(31)25(20)28(32)29-35(33,34)21-12-9-7-10-13-21/h14-17,21,30-31H,2,5-13H2,1,3-4H3,(H,29,32). The van der Waals surface area contributed by atoms with Gasteiger partial charge in [-0.05, 0) is 62.3 Å². The Morgan fingerprint density at radius 1 is 1.11 bits per heavy atom. The third-order valence-electron chi connectivity index (χ3n) is 6.77. The molecule has 1 saturated carbocycles. The number of hydrogen-bond donors (Lipinski definition) is 3. The molecule has 2 aromatic carbocycles. The molecule has 1 aliphatic carbocycles. The fourth-order valence-corrected chi connectivity index (χ4v) is 6.35. The molecule has 2 aromatic rings. The molecule has 1 aliphatic rings. The smallest absolute Gasteiger partial charge is 0.268 e. The van der Waals surface area contributed by atoms with Crippen LogP contribution in [0.1, 0.15) is 92.3 Å². The highest BCUT2D eigenvalue weighted by Crippen LogP contribution is 2.44. The molecule has 0 atom stereocenters. The Balaban J connectivity index is 2.14. The van der Waals surface area contributed by atoms with E-state index in [0.29, 0.717) is 30.4 Å². The molecule has 0 bridgehead atoms. The van der Waals surface area contributed by atoms with Crippen LogP contribution in [-0.4, -0.2) is 29.8 Å². The summed E-state index contributed by atoms with van der Waals surface area (Å²) in [6.45, 7) is 9.78. The molecule has 0 spiro atoms. The van der Waals surface area contributed by atoms with Gasteiger partial charge in [0.05, 0.1) is 16.4 Å². The Labute approximate surface area is 209 Å². The van der Waals surface area contributed by atoms with Crippen LogP contribution in [0.5, 0.6) is 11.5 Å². The number of hydrogen-bond acceptors (Lipinski definition) is 5. The first kappa shape index (κ1) is 26.8. The predicted molar refractivity (Wildman–Crippen MR) is 141 cm³/mol. The second-order valence-corrected chi connectivity index (χ2v) is 11.6. The molecular weight excluding hydrogens is 462 g/mol. The quantitative estimate of drug-likeness (QED) is 0.355. The number of allylic oxidation sites excluding steroid dienone is 1. The van der Waals surface area contributed by atoms with Crippen molar-refractivity contribution in [2.75, 3.05) is 0 Å². The monoisotopic (exact) mass is 499 g/mol. The van der Waals surface area contributed by atoms with Crippen LogP contribution in [-0.2, 0) is 16.4 Å². The van der Waals surface area contributed by atoms with E-state index < -0.39 is 26.9 Å². The zero-order valence-electron chi connectivity index (χ0n) is 21.0. The number of amides is 1. The highest BCUT2D eigenvalue weighted by atomic mass is 32.2. The molecule has 6 nitrogen and oxygen atoms in total. The van der Waals surface area contributed by atoms with Gasteiger partial charge in [0.1, 0.15) is 11.5 Å². The Bertz CT molecular complexity index is 1210. The predicted octanol–water partition coefficient (Wildman–Crippen LogP) is 6.23. The molecule has 0 aromatic heterocycles. The van der Waals surface area contributed by atoms with Crippen LogP contribution in [0.4, 0.5) is 0 Å². The summed E-state index contributed by atoms with van der Waals surface area (Å²) in [5.74, 6) is -1.43. The minimum atomic E-state index is -3.89. The Kier molecular flexibility index (Phi) is 8.65. The summed E-state index contributed by atoms with van der Waals surface area (Å²) >= 11 is 0. The summed E-state index contributed by atoms with van der Waals surface area (Å²) in [7, 11) is -3.89. The van der Waals surface area contributed by atoms with E-state index in [9.17, 15) is 23.4 Å². The maximum atomic E-state index is 13.4. The number of carbonyl (C=O) groups excluding carboxylic acids is 1. The second kappa shape index (κ2) is 11.3. The number of carbonyl (C=O) groups is 1. The summed E-state index contributed by atoms with van der Waals surface area (Å²) in [5, 5.41) is 21.8. The SMILES string of the molecule is C=C(C)c1ccc(C)cc1-c1c(O)cc(CCCCC)c(C(=O)NS(=O)(=O)C2CCCCC2)c1O. The van der Waals surface area contributed by atoms with Crippen LogP contribution >= 0.6 is 0 Å². The first-order valence-corrected chi connectivity index (χ1v) is 14.0. The van der Waals surface area contributed by atoms with E-state index in [1.807, 2.05) is 32.0 Å². The van der Waals surface area contributed by atoms with Gasteiger partial charge in [-0.15, -0.1) is 0 Å². The summed E-state index contributed by atoms with van der Waals surface area (Å²) in [4.78, 5) is 13.4. The highest BCUT2D eigenvalue weighted by molar-refractivity contribution is 7.90. The largest absolute Gasteiger partial charge is 0.507 e. The molecule has 0 saturated heterocycles. The lowest BCUT2D eigenvalue weighted by molar-refractivity contribution is 0.0977. The summed E-state index contributed by atoms with van der Waals surface area (Å²) in [5.41, 5.74) is 3.34. The number of aromatic hydroxyl groups is 2. The van der Waals surface area contributed by atoms with Crippen LogP contribution < -0.4 is 4.72 Å². The Morgan fingerprint density at radius 3 is 2.43 bits per heavy atom. The number of phenolic OH excluding ortho intramolecular Hbond substituents is 2. The molecule has 0 heterocycles. The van der Waals surface area contributed by atoms with Crippen molar-refractivity contribution in [3.05, 3.63) is 53.1 Å². The molecule has 3 rings (SSSR count). The first-order valence-electron chi connectivity index (χ1n) is 12.5. The van der Waals surface area contributed by atoms with Crippen LogP contribution in [0.2, 0.25) is 0 Å². The average Bonchev–Trinajstić information content (AvgIpc) is 2.79. The summed E-state index contributed by atoms with van der Waals surface area (Å²) < 4.78 is 28.2. The van der Waals surface area contributed by atoms with Gasteiger partial charge in [-0.3, -0.25) is 4.79 Å². The molecule has 1 amide bonds. The van der Waals surface area contributed by atoms with Crippen molar-refractivity contribution < 1.29 is 23.4 Å². The van der Waals surface area contributed by atoms with Gasteiger partial charge in [-0.25, -0.2) is 13.1 Å². The zero-order valence-corrected chi connectivity index (χ0v) is 21.8. The second-order valence-electron chi connectivity index (χ2n) is 9.68. The summed E-state index contributed by atoms with van der Waals surface area (Å²) in [6.07, 6.45) is 6.69. The van der Waals surface area contributed by atoms with E-state index in [0.717, 1.165) is 55.2 Å². The van der Waals surface area contributed by atoms with Gasteiger partial charge >= 0.3 is 0 Å². The summed E-state index contributed by atoms with van der Waals surface area (Å²) in [6, 6.07) is 7.06. The van der Waals surface area contributed by atoms with E-state index in [4.69, 9.17) is 0 Å². The third kappa shape index (κ3) is 6.07. The molecule has 3 N–H and O–H groups in total. The maximum absolute atomic E-state index is 13.4. The van der Waals surface area contributed by atoms with E-state index >= 15 is 0 Å². The topological polar surface area (TPSA) is 104 Å². The number of rotatable bonds is 9. The van der Waals surface area contributed by atoms with Crippen LogP contribution in [0.3, 0.4) is 0 Å². The Morgan fingerprint density at radius 2 is 1.80 bits per heavy atom. The van der Waals surface area contributed by atoms with Crippen LogP contribution in [0.25, 0.3) is 16.7 Å². The van der Waals surface area contributed by atoms with Crippen molar-refractivity contribution in [1.29, 1.82) is 0 Å². The fourth-order valence-electron chi connectivity index (χ4n) is 4.87. The normalized spacial score (nSPS) is 14.6. The van der Waals surface area contributed by atoms with E-state index in [2.05, 4.69) is 18.2 Å². The third-order valence-corrected chi connectivity index (χ3v) is 8.59. The van der Waals surface area contributed by atoms with Crippen molar-refractivity contribution in [1.82, 2.24) is 4.72 Å². The van der Waals surface area contributed by atoms with Crippen molar-refractivity contribution in [2.24, 2.45) is 0 Å². The number of phenols is 2. The van der Waals surface area contributed by atoms with Crippen molar-refractivity contribution >= 4 is 21.5 Å². The lowest BCUT2D eigenvalue weighted by Crippen LogP contribution is -2.39. The highest BCUT2D eigenvalue weighted by Gasteiger charge is 2.32. The zero-order chi connectivity index (χ0) is 25.8. The van der Waals surface area contributed by atoms with Gasteiger partial charge < -0.3 is 10.2 Å². The van der Waals surface area contributed by atoms with Gasteiger partial charge in [-0.1, -0.05) is 74.9 Å². The average molecular weight is 500 g/mol. The van der Waals surface area contributed by atoms with E-state index in [1.54, 1.807) is 0 Å². The lowest BCUT2D eigenvalue weighted by atomic mass is 9.89. The van der Waals surface area contributed by atoms with Gasteiger partial charge in [0, 0.05) is 0 Å². The molecule has 0 radical (unpaired) electrons. The molecule has 35 heavy (non-hydrogen) atoms. The van der Waals surface area contributed by atoms with Gasteiger partial charge in [0.15, 0.2) is 0 Å². The number of sulfonamides is 1. The van der Waals surface area contributed by atoms with Gasteiger partial charge in [0.2, 0.25) is 10.0 Å². The molecule has 0 unspecified atom stereocenters. The van der Waals surface area contributed by atoms with E-state index in [-0.39, 0.29) is 16.9 Å². The maximum Gasteiger partial charge on any atom is 0.268 e. The van der Waals surface area contributed by atoms with Crippen molar-refractivity contribution in [3.8, 4) is 22.6 Å². The molecule has 190 valence electrons. The fraction of sp³-hybridized carbons (Fsp3) is 0.464. The minimum absolute atomic E-state index is 0.0949.